The van der Waals surface area contributed by atoms with Crippen molar-refractivity contribution in [1.29, 1.82) is 5.41 Å². The lowest BCUT2D eigenvalue weighted by Gasteiger charge is -2.22. The maximum Gasteiger partial charge on any atom is 0.227 e. The predicted molar refractivity (Wildman–Crippen MR) is 85.8 cm³/mol. The molecule has 0 radical (unpaired) electrons. The number of hydrogen-bond acceptors (Lipinski definition) is 3. The molecule has 5 N–H and O–H groups in total. The van der Waals surface area contributed by atoms with Crippen LogP contribution in [0.1, 0.15) is 43.5 Å². The largest absolute Gasteiger partial charge is 0.384 e. The number of amidine groups is 1. The fraction of sp³-hybridized carbons (Fsp3) is 0.438. The lowest BCUT2D eigenvalue weighted by atomic mass is 9.95. The summed E-state index contributed by atoms with van der Waals surface area (Å²) < 4.78 is 0. The molecule has 0 bridgehead atoms. The summed E-state index contributed by atoms with van der Waals surface area (Å²) >= 11 is 0. The molecule has 1 aliphatic rings. The normalized spacial score (nSPS) is 15.8. The Morgan fingerprint density at radius 2 is 2.14 bits per heavy atom. The summed E-state index contributed by atoms with van der Waals surface area (Å²) in [5, 5.41) is 10.5. The van der Waals surface area contributed by atoms with Gasteiger partial charge in [-0.1, -0.05) is 19.3 Å². The number of fused-ring (bicyclic) bond motifs is 1. The van der Waals surface area contributed by atoms with Crippen LogP contribution in [0.25, 0.3) is 11.0 Å². The standard InChI is InChI=1S/C16H21N5O/c17-16(18)10-6-7-12-13(8-10)21-14(20-12)9-15(22)19-11-4-2-1-3-5-11/h6-8,11H,1-5,9H2,(H3,17,18)(H,19,22)(H,20,21). The van der Waals surface area contributed by atoms with Gasteiger partial charge < -0.3 is 16.0 Å². The van der Waals surface area contributed by atoms with Crippen molar-refractivity contribution >= 4 is 22.8 Å². The van der Waals surface area contributed by atoms with E-state index in [-0.39, 0.29) is 18.2 Å². The van der Waals surface area contributed by atoms with Crippen LogP contribution in [0.3, 0.4) is 0 Å². The van der Waals surface area contributed by atoms with Gasteiger partial charge in [-0.05, 0) is 31.0 Å². The number of nitrogens with zero attached hydrogens (tertiary/aromatic N) is 1. The number of amides is 1. The van der Waals surface area contributed by atoms with Crippen molar-refractivity contribution in [2.45, 2.75) is 44.6 Å². The van der Waals surface area contributed by atoms with Gasteiger partial charge in [0.15, 0.2) is 0 Å². The number of hydrogen-bond donors (Lipinski definition) is 4. The molecule has 0 saturated heterocycles. The lowest BCUT2D eigenvalue weighted by Crippen LogP contribution is -2.37. The number of aromatic nitrogens is 2. The summed E-state index contributed by atoms with van der Waals surface area (Å²) in [5.41, 5.74) is 7.71. The van der Waals surface area contributed by atoms with Crippen molar-refractivity contribution in [3.8, 4) is 0 Å². The molecule has 116 valence electrons. The fourth-order valence-electron chi connectivity index (χ4n) is 2.99. The van der Waals surface area contributed by atoms with Gasteiger partial charge in [0.05, 0.1) is 17.5 Å². The number of nitrogens with two attached hydrogens (primary N) is 1. The number of nitrogens with one attached hydrogen (secondary N) is 3. The molecule has 0 spiro atoms. The topological polar surface area (TPSA) is 108 Å². The molecule has 1 amide bonds. The van der Waals surface area contributed by atoms with E-state index >= 15 is 0 Å². The Kier molecular flexibility index (Phi) is 4.09. The molecule has 1 aromatic heterocycles. The molecule has 6 heteroatoms. The molecule has 6 nitrogen and oxygen atoms in total. The van der Waals surface area contributed by atoms with E-state index in [1.165, 1.54) is 19.3 Å². The van der Waals surface area contributed by atoms with Crippen LogP contribution in [0.5, 0.6) is 0 Å². The molecular formula is C16H21N5O. The number of benzene rings is 1. The van der Waals surface area contributed by atoms with E-state index in [0.29, 0.717) is 17.4 Å². The summed E-state index contributed by atoms with van der Waals surface area (Å²) in [7, 11) is 0. The van der Waals surface area contributed by atoms with E-state index in [1.807, 2.05) is 6.07 Å². The van der Waals surface area contributed by atoms with Crippen LogP contribution >= 0.6 is 0 Å². The van der Waals surface area contributed by atoms with Crippen LogP contribution in [-0.4, -0.2) is 27.8 Å². The Labute approximate surface area is 129 Å². The number of nitrogen functional groups attached to an aromatic ring is 1. The molecule has 0 aliphatic heterocycles. The number of aromatic amines is 1. The van der Waals surface area contributed by atoms with E-state index in [9.17, 15) is 4.79 Å². The minimum atomic E-state index is 0.0118. The average molecular weight is 299 g/mol. The number of carbonyl (C=O) groups is 1. The minimum absolute atomic E-state index is 0.0118. The smallest absolute Gasteiger partial charge is 0.227 e. The van der Waals surface area contributed by atoms with E-state index < -0.39 is 0 Å². The average Bonchev–Trinajstić information content (AvgIpc) is 2.89. The molecule has 0 atom stereocenters. The molecule has 1 heterocycles. The molecule has 1 aromatic carbocycles. The van der Waals surface area contributed by atoms with Crippen molar-refractivity contribution in [2.75, 3.05) is 0 Å². The molecule has 3 rings (SSSR count). The molecule has 1 fully saturated rings. The molecular weight excluding hydrogens is 278 g/mol. The number of carbonyl (C=O) groups excluding carboxylic acids is 1. The molecule has 1 saturated carbocycles. The van der Waals surface area contributed by atoms with Gasteiger partial charge in [-0.15, -0.1) is 0 Å². The number of rotatable bonds is 4. The molecule has 2 aromatic rings. The highest BCUT2D eigenvalue weighted by Gasteiger charge is 2.16. The van der Waals surface area contributed by atoms with Gasteiger partial charge in [-0.2, -0.15) is 0 Å². The third-order valence-corrected chi connectivity index (χ3v) is 4.14. The Balaban J connectivity index is 1.67. The summed E-state index contributed by atoms with van der Waals surface area (Å²) in [6, 6.07) is 5.67. The van der Waals surface area contributed by atoms with Gasteiger partial charge in [-0.3, -0.25) is 10.2 Å². The van der Waals surface area contributed by atoms with Crippen molar-refractivity contribution in [3.05, 3.63) is 29.6 Å². The molecule has 1 aliphatic carbocycles. The van der Waals surface area contributed by atoms with Gasteiger partial charge in [0, 0.05) is 11.6 Å². The lowest BCUT2D eigenvalue weighted by molar-refractivity contribution is -0.121. The highest BCUT2D eigenvalue weighted by Crippen LogP contribution is 2.18. The maximum absolute atomic E-state index is 12.1. The third-order valence-electron chi connectivity index (χ3n) is 4.14. The van der Waals surface area contributed by atoms with Crippen molar-refractivity contribution in [3.63, 3.8) is 0 Å². The van der Waals surface area contributed by atoms with Crippen LogP contribution in [0.2, 0.25) is 0 Å². The van der Waals surface area contributed by atoms with Crippen LogP contribution in [-0.2, 0) is 11.2 Å². The molecule has 0 unspecified atom stereocenters. The summed E-state index contributed by atoms with van der Waals surface area (Å²) in [6.45, 7) is 0. The highest BCUT2D eigenvalue weighted by atomic mass is 16.1. The van der Waals surface area contributed by atoms with Crippen molar-refractivity contribution < 1.29 is 4.79 Å². The SMILES string of the molecule is N=C(N)c1ccc2nc(CC(=O)NC3CCCCC3)[nH]c2c1. The Hall–Kier alpha value is -2.37. The molecule has 22 heavy (non-hydrogen) atoms. The Morgan fingerprint density at radius 1 is 1.36 bits per heavy atom. The van der Waals surface area contributed by atoms with Gasteiger partial charge in [0.2, 0.25) is 5.91 Å². The van der Waals surface area contributed by atoms with Gasteiger partial charge in [0.1, 0.15) is 11.7 Å². The first-order valence-corrected chi connectivity index (χ1v) is 7.74. The number of H-pyrrole nitrogens is 1. The summed E-state index contributed by atoms with van der Waals surface area (Å²) in [6.07, 6.45) is 6.07. The first-order chi connectivity index (χ1) is 10.6. The van der Waals surface area contributed by atoms with Gasteiger partial charge in [-0.25, -0.2) is 4.98 Å². The zero-order valence-corrected chi connectivity index (χ0v) is 12.5. The second kappa shape index (κ2) is 6.17. The van der Waals surface area contributed by atoms with E-state index in [4.69, 9.17) is 11.1 Å². The van der Waals surface area contributed by atoms with Crippen LogP contribution in [0, 0.1) is 5.41 Å². The minimum Gasteiger partial charge on any atom is -0.384 e. The highest BCUT2D eigenvalue weighted by molar-refractivity contribution is 5.98. The second-order valence-corrected chi connectivity index (χ2v) is 5.91. The van der Waals surface area contributed by atoms with E-state index in [2.05, 4.69) is 15.3 Å². The third kappa shape index (κ3) is 3.27. The summed E-state index contributed by atoms with van der Waals surface area (Å²) in [5.74, 6) is 0.676. The zero-order chi connectivity index (χ0) is 15.5. The Bertz CT molecular complexity index is 700. The fourth-order valence-corrected chi connectivity index (χ4v) is 2.99. The first kappa shape index (κ1) is 14.6. The summed E-state index contributed by atoms with van der Waals surface area (Å²) in [4.78, 5) is 19.7. The van der Waals surface area contributed by atoms with Crippen molar-refractivity contribution in [2.24, 2.45) is 5.73 Å². The van der Waals surface area contributed by atoms with Crippen LogP contribution < -0.4 is 11.1 Å². The zero-order valence-electron chi connectivity index (χ0n) is 12.5. The monoisotopic (exact) mass is 299 g/mol. The van der Waals surface area contributed by atoms with Gasteiger partial charge in [0.25, 0.3) is 0 Å². The quantitative estimate of drug-likeness (QED) is 0.511. The van der Waals surface area contributed by atoms with Crippen LogP contribution in [0.4, 0.5) is 0 Å². The second-order valence-electron chi connectivity index (χ2n) is 5.91. The van der Waals surface area contributed by atoms with Crippen LogP contribution in [0.15, 0.2) is 18.2 Å². The maximum atomic E-state index is 12.1. The Morgan fingerprint density at radius 3 is 2.86 bits per heavy atom. The first-order valence-electron chi connectivity index (χ1n) is 7.74. The van der Waals surface area contributed by atoms with E-state index in [0.717, 1.165) is 23.9 Å². The van der Waals surface area contributed by atoms with E-state index in [1.54, 1.807) is 12.1 Å². The van der Waals surface area contributed by atoms with Gasteiger partial charge >= 0.3 is 0 Å². The number of imidazole rings is 1. The predicted octanol–water partition coefficient (Wildman–Crippen LogP) is 1.84. The van der Waals surface area contributed by atoms with Crippen molar-refractivity contribution in [1.82, 2.24) is 15.3 Å².